The Labute approximate surface area is 181 Å². The lowest BCUT2D eigenvalue weighted by molar-refractivity contribution is -0.121. The van der Waals surface area contributed by atoms with Gasteiger partial charge in [-0.15, -0.1) is 0 Å². The van der Waals surface area contributed by atoms with E-state index in [1.807, 2.05) is 6.92 Å². The molecule has 0 saturated heterocycles. The van der Waals surface area contributed by atoms with Gasteiger partial charge in [0.25, 0.3) is 11.8 Å². The monoisotopic (exact) mass is 439 g/mol. The molecule has 8 nitrogen and oxygen atoms in total. The van der Waals surface area contributed by atoms with E-state index in [0.717, 1.165) is 6.20 Å². The van der Waals surface area contributed by atoms with E-state index in [9.17, 15) is 18.4 Å². The van der Waals surface area contributed by atoms with Crippen molar-refractivity contribution in [3.8, 4) is 0 Å². The van der Waals surface area contributed by atoms with Gasteiger partial charge in [-0.25, -0.2) is 9.97 Å². The summed E-state index contributed by atoms with van der Waals surface area (Å²) >= 11 is 0. The average Bonchev–Trinajstić information content (AvgIpc) is 3.25. The van der Waals surface area contributed by atoms with E-state index in [1.54, 1.807) is 19.3 Å². The van der Waals surface area contributed by atoms with Crippen molar-refractivity contribution in [2.75, 3.05) is 11.9 Å². The number of benzene rings is 1. The Morgan fingerprint density at radius 3 is 2.69 bits per heavy atom. The predicted molar refractivity (Wildman–Crippen MR) is 108 cm³/mol. The van der Waals surface area contributed by atoms with Gasteiger partial charge >= 0.3 is 11.8 Å². The zero-order valence-electron chi connectivity index (χ0n) is 17.3. The molecule has 32 heavy (non-hydrogen) atoms. The van der Waals surface area contributed by atoms with Gasteiger partial charge in [-0.3, -0.25) is 19.5 Å². The minimum atomic E-state index is -3.46. The summed E-state index contributed by atoms with van der Waals surface area (Å²) in [6.45, 7) is 1.88. The first kappa shape index (κ1) is 20.2. The van der Waals surface area contributed by atoms with Crippen LogP contribution in [0.15, 0.2) is 53.3 Å². The van der Waals surface area contributed by atoms with Gasteiger partial charge in [0.1, 0.15) is 6.04 Å². The van der Waals surface area contributed by atoms with Gasteiger partial charge in [0.05, 0.1) is 11.9 Å². The molecule has 1 unspecified atom stereocenters. The highest BCUT2D eigenvalue weighted by Crippen LogP contribution is 2.63. The first-order chi connectivity index (χ1) is 15.2. The van der Waals surface area contributed by atoms with Crippen LogP contribution < -0.4 is 10.2 Å². The van der Waals surface area contributed by atoms with Crippen molar-refractivity contribution in [1.29, 1.82) is 0 Å². The summed E-state index contributed by atoms with van der Waals surface area (Å²) in [6.07, 6.45) is 4.53. The van der Waals surface area contributed by atoms with E-state index in [-0.39, 0.29) is 17.4 Å². The summed E-state index contributed by atoms with van der Waals surface area (Å²) in [4.78, 5) is 39.7. The van der Waals surface area contributed by atoms with Crippen LogP contribution >= 0.6 is 0 Å². The Balaban J connectivity index is 1.40. The SMILES string of the molecule is CN1C(=O)[C@@H](NC(=O)c2ncc(C(F)(F)c3ccccc3)o2)C2(C)C[C@H]2c2nccnc21. The first-order valence-electron chi connectivity index (χ1n) is 10.0. The Bertz CT molecular complexity index is 1220. The molecule has 0 radical (unpaired) electrons. The topological polar surface area (TPSA) is 101 Å². The lowest BCUT2D eigenvalue weighted by Gasteiger charge is -2.26. The summed E-state index contributed by atoms with van der Waals surface area (Å²) in [5, 5.41) is 2.64. The quantitative estimate of drug-likeness (QED) is 0.671. The number of oxazole rings is 1. The number of carbonyl (C=O) groups excluding carboxylic acids is 2. The number of nitrogens with one attached hydrogen (secondary N) is 1. The van der Waals surface area contributed by atoms with E-state index < -0.39 is 34.9 Å². The number of amides is 2. The third-order valence-electron chi connectivity index (χ3n) is 6.29. The average molecular weight is 439 g/mol. The van der Waals surface area contributed by atoms with Crippen molar-refractivity contribution in [2.45, 2.75) is 31.2 Å². The summed E-state index contributed by atoms with van der Waals surface area (Å²) in [6, 6.07) is 6.19. The van der Waals surface area contributed by atoms with E-state index in [4.69, 9.17) is 4.42 Å². The molecule has 1 N–H and O–H groups in total. The predicted octanol–water partition coefficient (Wildman–Crippen LogP) is 2.87. The molecule has 164 valence electrons. The number of anilines is 1. The number of likely N-dealkylation sites (N-methyl/N-ethyl adjacent to an activating group) is 1. The normalized spacial score (nSPS) is 24.4. The van der Waals surface area contributed by atoms with Gasteiger partial charge in [0.2, 0.25) is 0 Å². The third-order valence-corrected chi connectivity index (χ3v) is 6.29. The molecule has 0 spiro atoms. The number of carbonyl (C=O) groups is 2. The van der Waals surface area contributed by atoms with Crippen molar-refractivity contribution in [1.82, 2.24) is 20.3 Å². The molecule has 3 heterocycles. The second-order valence-corrected chi connectivity index (χ2v) is 8.30. The molecule has 1 saturated carbocycles. The van der Waals surface area contributed by atoms with Gasteiger partial charge in [0, 0.05) is 36.3 Å². The lowest BCUT2D eigenvalue weighted by Crippen LogP contribution is -2.51. The number of alkyl halides is 2. The van der Waals surface area contributed by atoms with Crippen LogP contribution in [-0.2, 0) is 10.7 Å². The van der Waals surface area contributed by atoms with Crippen molar-refractivity contribution in [3.05, 3.63) is 71.8 Å². The maximum atomic E-state index is 14.7. The summed E-state index contributed by atoms with van der Waals surface area (Å²) in [5.41, 5.74) is -0.163. The molecular weight excluding hydrogens is 420 g/mol. The minimum Gasteiger partial charge on any atom is -0.431 e. The van der Waals surface area contributed by atoms with Crippen LogP contribution in [0.2, 0.25) is 0 Å². The van der Waals surface area contributed by atoms with Crippen LogP contribution in [0.1, 0.15) is 47.0 Å². The van der Waals surface area contributed by atoms with E-state index in [2.05, 4.69) is 20.3 Å². The Morgan fingerprint density at radius 1 is 1.22 bits per heavy atom. The molecule has 5 rings (SSSR count). The maximum Gasteiger partial charge on any atom is 0.331 e. The molecule has 1 fully saturated rings. The fourth-order valence-electron chi connectivity index (χ4n) is 4.27. The standard InChI is InChI=1S/C22H19F2N5O3/c1-21-10-13(21)15-17(26-9-8-25-15)29(2)20(31)16(21)28-18(30)19-27-11-14(32-19)22(23,24)12-6-4-3-5-7-12/h3-9,11,13,16H,10H2,1-2H3,(H,28,30)/t13-,16+,21?/m0/s1. The van der Waals surface area contributed by atoms with Gasteiger partial charge in [-0.2, -0.15) is 8.78 Å². The van der Waals surface area contributed by atoms with Crippen molar-refractivity contribution in [3.63, 3.8) is 0 Å². The summed E-state index contributed by atoms with van der Waals surface area (Å²) in [7, 11) is 1.56. The van der Waals surface area contributed by atoms with Gasteiger partial charge in [-0.05, 0) is 6.42 Å². The second-order valence-electron chi connectivity index (χ2n) is 8.30. The number of nitrogens with zero attached hydrogens (tertiary/aromatic N) is 4. The largest absolute Gasteiger partial charge is 0.431 e. The number of hydrogen-bond acceptors (Lipinski definition) is 6. The number of fused-ring (bicyclic) bond motifs is 3. The molecule has 1 aliphatic heterocycles. The Morgan fingerprint density at radius 2 is 1.94 bits per heavy atom. The van der Waals surface area contributed by atoms with Crippen LogP contribution in [0.25, 0.3) is 0 Å². The van der Waals surface area contributed by atoms with Crippen LogP contribution in [0, 0.1) is 5.41 Å². The third kappa shape index (κ3) is 2.97. The fourth-order valence-corrected chi connectivity index (χ4v) is 4.27. The highest BCUT2D eigenvalue weighted by Gasteiger charge is 2.63. The Hall–Kier alpha value is -3.69. The lowest BCUT2D eigenvalue weighted by atomic mass is 9.94. The number of hydrogen-bond donors (Lipinski definition) is 1. The van der Waals surface area contributed by atoms with E-state index in [0.29, 0.717) is 17.9 Å². The zero-order chi connectivity index (χ0) is 22.7. The van der Waals surface area contributed by atoms with Crippen molar-refractivity contribution >= 4 is 17.6 Å². The van der Waals surface area contributed by atoms with Crippen LogP contribution in [0.5, 0.6) is 0 Å². The van der Waals surface area contributed by atoms with Crippen LogP contribution in [-0.4, -0.2) is 39.9 Å². The molecular formula is C22H19F2N5O3. The minimum absolute atomic E-state index is 0.0621. The number of rotatable bonds is 4. The van der Waals surface area contributed by atoms with Gasteiger partial charge in [0.15, 0.2) is 11.6 Å². The molecule has 1 aliphatic carbocycles. The highest BCUT2D eigenvalue weighted by atomic mass is 19.3. The molecule has 10 heteroatoms. The van der Waals surface area contributed by atoms with Crippen molar-refractivity contribution < 1.29 is 22.8 Å². The van der Waals surface area contributed by atoms with Crippen LogP contribution in [0.3, 0.4) is 0 Å². The first-order valence-corrected chi connectivity index (χ1v) is 10.0. The maximum absolute atomic E-state index is 14.7. The van der Waals surface area contributed by atoms with E-state index >= 15 is 0 Å². The molecule has 2 aliphatic rings. The second kappa shape index (κ2) is 6.91. The van der Waals surface area contributed by atoms with Crippen molar-refractivity contribution in [2.24, 2.45) is 5.41 Å². The molecule has 3 aromatic rings. The van der Waals surface area contributed by atoms with Crippen LogP contribution in [0.4, 0.5) is 14.6 Å². The van der Waals surface area contributed by atoms with Gasteiger partial charge < -0.3 is 9.73 Å². The fraction of sp³-hybridized carbons (Fsp3) is 0.318. The smallest absolute Gasteiger partial charge is 0.331 e. The number of halogens is 2. The van der Waals surface area contributed by atoms with E-state index in [1.165, 1.54) is 35.4 Å². The number of aromatic nitrogens is 3. The Kier molecular flexibility index (Phi) is 4.37. The molecule has 2 aromatic heterocycles. The summed E-state index contributed by atoms with van der Waals surface area (Å²) < 4.78 is 34.6. The van der Waals surface area contributed by atoms with Gasteiger partial charge in [-0.1, -0.05) is 37.3 Å². The molecule has 2 amide bonds. The summed E-state index contributed by atoms with van der Waals surface area (Å²) in [5.74, 6) is -5.58. The molecule has 1 aromatic carbocycles. The molecule has 3 atom stereocenters. The highest BCUT2D eigenvalue weighted by molar-refractivity contribution is 6.02. The molecule has 0 bridgehead atoms. The zero-order valence-corrected chi connectivity index (χ0v) is 17.3.